The summed E-state index contributed by atoms with van der Waals surface area (Å²) in [6.07, 6.45) is 1.57. The predicted octanol–water partition coefficient (Wildman–Crippen LogP) is 3.09. The molecule has 0 fully saturated rings. The van der Waals surface area contributed by atoms with E-state index in [4.69, 9.17) is 0 Å². The topological polar surface area (TPSA) is 68.1 Å². The van der Waals surface area contributed by atoms with Crippen LogP contribution in [-0.4, -0.2) is 38.0 Å². The standard InChI is InChI=1S/C17H13F3N2O4S/c1-26-16(23)10-8-14-15-12(6-7-22(14)27(24,25)17(18,19)20)11-4-2-3-5-13(11)21(15)9-10/h2-5,8-9H,6-7H2,1H3. The molecule has 10 heteroatoms. The van der Waals surface area contributed by atoms with Crippen molar-refractivity contribution in [2.24, 2.45) is 0 Å². The van der Waals surface area contributed by atoms with Gasteiger partial charge in [-0.05, 0) is 24.1 Å². The van der Waals surface area contributed by atoms with E-state index in [-0.39, 0.29) is 24.2 Å². The van der Waals surface area contributed by atoms with Crippen molar-refractivity contribution in [1.82, 2.24) is 4.40 Å². The van der Waals surface area contributed by atoms with Crippen molar-refractivity contribution < 1.29 is 31.1 Å². The number of ether oxygens (including phenoxy) is 1. The van der Waals surface area contributed by atoms with Crippen LogP contribution in [0.2, 0.25) is 0 Å². The van der Waals surface area contributed by atoms with Gasteiger partial charge >= 0.3 is 21.5 Å². The van der Waals surface area contributed by atoms with E-state index in [1.807, 2.05) is 6.07 Å². The number of pyridine rings is 1. The van der Waals surface area contributed by atoms with Crippen LogP contribution in [0.3, 0.4) is 0 Å². The maximum atomic E-state index is 13.2. The third kappa shape index (κ3) is 2.39. The highest BCUT2D eigenvalue weighted by atomic mass is 32.2. The van der Waals surface area contributed by atoms with Crippen LogP contribution in [0.5, 0.6) is 0 Å². The molecule has 6 nitrogen and oxygen atoms in total. The van der Waals surface area contributed by atoms with Gasteiger partial charge in [0.1, 0.15) is 0 Å². The first-order chi connectivity index (χ1) is 12.7. The lowest BCUT2D eigenvalue weighted by Crippen LogP contribution is -2.43. The van der Waals surface area contributed by atoms with E-state index in [0.717, 1.165) is 24.1 Å². The molecule has 0 unspecified atom stereocenters. The third-order valence-electron chi connectivity index (χ3n) is 4.66. The van der Waals surface area contributed by atoms with Gasteiger partial charge in [-0.1, -0.05) is 18.2 Å². The molecule has 0 N–H and O–H groups in total. The molecule has 1 aromatic carbocycles. The van der Waals surface area contributed by atoms with Crippen molar-refractivity contribution in [3.05, 3.63) is 47.7 Å². The van der Waals surface area contributed by atoms with Crippen molar-refractivity contribution in [1.29, 1.82) is 0 Å². The molecule has 1 aliphatic heterocycles. The summed E-state index contributed by atoms with van der Waals surface area (Å²) in [6, 6.07) is 8.24. The minimum atomic E-state index is -5.61. The molecule has 2 aromatic heterocycles. The van der Waals surface area contributed by atoms with Crippen LogP contribution in [0.4, 0.5) is 18.9 Å². The Balaban J connectivity index is 2.12. The zero-order chi connectivity index (χ0) is 19.6. The van der Waals surface area contributed by atoms with E-state index >= 15 is 0 Å². The number of halogens is 3. The first-order valence-electron chi connectivity index (χ1n) is 7.90. The maximum absolute atomic E-state index is 13.2. The number of benzene rings is 1. The van der Waals surface area contributed by atoms with Crippen molar-refractivity contribution in [2.75, 3.05) is 18.0 Å². The number of hydrogen-bond acceptors (Lipinski definition) is 4. The average Bonchev–Trinajstić information content (AvgIpc) is 2.95. The number of sulfonamides is 1. The number of carbonyl (C=O) groups is 1. The average molecular weight is 398 g/mol. The zero-order valence-corrected chi connectivity index (χ0v) is 14.8. The lowest BCUT2D eigenvalue weighted by atomic mass is 10.0. The van der Waals surface area contributed by atoms with Crippen LogP contribution in [0.1, 0.15) is 15.9 Å². The Bertz CT molecular complexity index is 1200. The number of rotatable bonds is 2. The smallest absolute Gasteiger partial charge is 0.465 e. The van der Waals surface area contributed by atoms with Crippen LogP contribution in [-0.2, 0) is 21.2 Å². The van der Waals surface area contributed by atoms with E-state index in [1.54, 1.807) is 22.6 Å². The Morgan fingerprint density at radius 2 is 1.93 bits per heavy atom. The van der Waals surface area contributed by atoms with Crippen molar-refractivity contribution in [3.8, 4) is 0 Å². The summed E-state index contributed by atoms with van der Waals surface area (Å²) in [6.45, 7) is -0.372. The second-order valence-corrected chi connectivity index (χ2v) is 7.95. The van der Waals surface area contributed by atoms with Gasteiger partial charge in [0.05, 0.1) is 29.4 Å². The molecule has 0 atom stereocenters. The highest BCUT2D eigenvalue weighted by Gasteiger charge is 2.51. The fourth-order valence-corrected chi connectivity index (χ4v) is 4.50. The number of carbonyl (C=O) groups excluding carboxylic acids is 1. The van der Waals surface area contributed by atoms with Gasteiger partial charge in [-0.3, -0.25) is 4.31 Å². The first kappa shape index (κ1) is 17.7. The third-order valence-corrected chi connectivity index (χ3v) is 6.20. The van der Waals surface area contributed by atoms with Crippen molar-refractivity contribution in [3.63, 3.8) is 0 Å². The van der Waals surface area contributed by atoms with Crippen LogP contribution >= 0.6 is 0 Å². The van der Waals surface area contributed by atoms with Gasteiger partial charge in [0.25, 0.3) is 0 Å². The Kier molecular flexibility index (Phi) is 3.68. The number of nitrogens with zero attached hydrogens (tertiary/aromatic N) is 2. The molecule has 3 aromatic rings. The van der Waals surface area contributed by atoms with Gasteiger partial charge in [0.15, 0.2) is 0 Å². The number of anilines is 1. The molecule has 1 aliphatic rings. The summed E-state index contributed by atoms with van der Waals surface area (Å²) < 4.78 is 70.3. The zero-order valence-electron chi connectivity index (χ0n) is 13.9. The summed E-state index contributed by atoms with van der Waals surface area (Å²) in [5.74, 6) is -0.776. The maximum Gasteiger partial charge on any atom is 0.516 e. The predicted molar refractivity (Wildman–Crippen MR) is 92.3 cm³/mol. The van der Waals surface area contributed by atoms with Gasteiger partial charge in [-0.15, -0.1) is 0 Å². The quantitative estimate of drug-likeness (QED) is 0.622. The van der Waals surface area contributed by atoms with Crippen LogP contribution in [0, 0.1) is 0 Å². The summed E-state index contributed by atoms with van der Waals surface area (Å²) in [7, 11) is -4.47. The highest BCUT2D eigenvalue weighted by Crippen LogP contribution is 2.41. The number of methoxy groups -OCH3 is 1. The SMILES string of the molecule is COC(=O)c1cc2c3c(c4ccccc4n3c1)CCN2S(=O)(=O)C(F)(F)F. The summed E-state index contributed by atoms with van der Waals surface area (Å²) in [5.41, 5.74) is -3.94. The summed E-state index contributed by atoms with van der Waals surface area (Å²) in [4.78, 5) is 12.0. The normalized spacial score (nSPS) is 14.7. The van der Waals surface area contributed by atoms with Gasteiger partial charge in [0.2, 0.25) is 0 Å². The van der Waals surface area contributed by atoms with Gasteiger partial charge < -0.3 is 9.14 Å². The Morgan fingerprint density at radius 3 is 2.59 bits per heavy atom. The molecule has 0 amide bonds. The number of esters is 1. The fraction of sp³-hybridized carbons (Fsp3) is 0.235. The number of alkyl halides is 3. The van der Waals surface area contributed by atoms with Crippen LogP contribution in [0.15, 0.2) is 36.5 Å². The monoisotopic (exact) mass is 398 g/mol. The largest absolute Gasteiger partial charge is 0.516 e. The fourth-order valence-electron chi connectivity index (χ4n) is 3.52. The second-order valence-electron chi connectivity index (χ2n) is 6.09. The van der Waals surface area contributed by atoms with E-state index < -0.39 is 21.5 Å². The van der Waals surface area contributed by atoms with Crippen molar-refractivity contribution >= 4 is 38.1 Å². The molecule has 0 saturated heterocycles. The van der Waals surface area contributed by atoms with E-state index in [1.165, 1.54) is 6.20 Å². The minimum absolute atomic E-state index is 0.0448. The lowest BCUT2D eigenvalue weighted by molar-refractivity contribution is -0.0438. The van der Waals surface area contributed by atoms with Gasteiger partial charge in [-0.25, -0.2) is 4.79 Å². The summed E-state index contributed by atoms with van der Waals surface area (Å²) in [5, 5.41) is 0.796. The van der Waals surface area contributed by atoms with Crippen molar-refractivity contribution in [2.45, 2.75) is 11.9 Å². The number of fused-ring (bicyclic) bond motifs is 3. The van der Waals surface area contributed by atoms with Gasteiger partial charge in [-0.2, -0.15) is 21.6 Å². The first-order valence-corrected chi connectivity index (χ1v) is 9.34. The lowest BCUT2D eigenvalue weighted by Gasteiger charge is -2.29. The van der Waals surface area contributed by atoms with E-state index in [0.29, 0.717) is 15.3 Å². The Hall–Kier alpha value is -2.75. The second kappa shape index (κ2) is 5.62. The molecule has 0 radical (unpaired) electrons. The van der Waals surface area contributed by atoms with E-state index in [9.17, 15) is 26.4 Å². The van der Waals surface area contributed by atoms with Crippen LogP contribution in [0.25, 0.3) is 16.4 Å². The Morgan fingerprint density at radius 1 is 1.22 bits per heavy atom. The minimum Gasteiger partial charge on any atom is -0.465 e. The molecule has 3 heterocycles. The molecule has 0 spiro atoms. The number of aromatic nitrogens is 1. The van der Waals surface area contributed by atoms with E-state index in [2.05, 4.69) is 4.74 Å². The molecule has 0 aliphatic carbocycles. The molecule has 27 heavy (non-hydrogen) atoms. The number of hydrogen-bond donors (Lipinski definition) is 0. The highest BCUT2D eigenvalue weighted by molar-refractivity contribution is 7.93. The molecule has 4 rings (SSSR count). The number of para-hydroxylation sites is 1. The van der Waals surface area contributed by atoms with Gasteiger partial charge in [0, 0.05) is 18.1 Å². The molecule has 142 valence electrons. The molecular weight excluding hydrogens is 385 g/mol. The van der Waals surface area contributed by atoms with Crippen LogP contribution < -0.4 is 4.31 Å². The molecular formula is C17H13F3N2O4S. The molecule has 0 saturated carbocycles. The summed E-state index contributed by atoms with van der Waals surface area (Å²) >= 11 is 0. The Labute approximate surface area is 151 Å². The molecule has 0 bridgehead atoms.